The van der Waals surface area contributed by atoms with Gasteiger partial charge in [0.15, 0.2) is 17.5 Å². The van der Waals surface area contributed by atoms with Gasteiger partial charge in [0.05, 0.1) is 0 Å². The van der Waals surface area contributed by atoms with E-state index in [2.05, 4.69) is 152 Å². The summed E-state index contributed by atoms with van der Waals surface area (Å²) in [6.45, 7) is 0. The minimum atomic E-state index is 0.640. The van der Waals surface area contributed by atoms with E-state index in [1.807, 2.05) is 36.4 Å². The van der Waals surface area contributed by atoms with E-state index in [4.69, 9.17) is 15.0 Å². The summed E-state index contributed by atoms with van der Waals surface area (Å²) in [7, 11) is 0. The highest BCUT2D eigenvalue weighted by Gasteiger charge is 2.22. The molecule has 1 aromatic heterocycles. The van der Waals surface area contributed by atoms with Gasteiger partial charge in [-0.3, -0.25) is 0 Å². The number of hydrogen-bond acceptors (Lipinski definition) is 3. The molecule has 1 aliphatic rings. The molecule has 0 N–H and O–H groups in total. The van der Waals surface area contributed by atoms with Crippen molar-refractivity contribution in [1.29, 1.82) is 0 Å². The smallest absolute Gasteiger partial charge is 0.164 e. The van der Waals surface area contributed by atoms with Crippen molar-refractivity contribution < 1.29 is 0 Å². The van der Waals surface area contributed by atoms with Gasteiger partial charge in [0.25, 0.3) is 0 Å². The van der Waals surface area contributed by atoms with Crippen molar-refractivity contribution in [2.75, 3.05) is 0 Å². The summed E-state index contributed by atoms with van der Waals surface area (Å²) in [4.78, 5) is 15.0. The van der Waals surface area contributed by atoms with Gasteiger partial charge in [-0.25, -0.2) is 15.0 Å². The Bertz CT molecular complexity index is 2740. The number of fused-ring (bicyclic) bond motifs is 3. The molecule has 10 rings (SSSR count). The minimum Gasteiger partial charge on any atom is -0.208 e. The predicted octanol–water partition coefficient (Wildman–Crippen LogP) is 12.7. The molecule has 242 valence electrons. The Labute approximate surface area is 302 Å². The zero-order valence-corrected chi connectivity index (χ0v) is 28.2. The zero-order valence-electron chi connectivity index (χ0n) is 28.2. The van der Waals surface area contributed by atoms with Crippen LogP contribution in [0.3, 0.4) is 0 Å². The number of aromatic nitrogens is 3. The van der Waals surface area contributed by atoms with Crippen LogP contribution >= 0.6 is 0 Å². The Balaban J connectivity index is 1.04. The van der Waals surface area contributed by atoms with E-state index >= 15 is 0 Å². The molecular weight excluding hydrogens is 631 g/mol. The number of hydrogen-bond donors (Lipinski definition) is 0. The molecular formula is C49H31N3. The average Bonchev–Trinajstić information content (AvgIpc) is 3.56. The Morgan fingerprint density at radius 3 is 1.31 bits per heavy atom. The van der Waals surface area contributed by atoms with Gasteiger partial charge in [-0.05, 0) is 78.5 Å². The van der Waals surface area contributed by atoms with E-state index in [0.29, 0.717) is 17.5 Å². The van der Waals surface area contributed by atoms with E-state index in [-0.39, 0.29) is 0 Å². The van der Waals surface area contributed by atoms with Crippen molar-refractivity contribution in [3.8, 4) is 89.8 Å². The van der Waals surface area contributed by atoms with Crippen LogP contribution in [0.15, 0.2) is 188 Å². The second kappa shape index (κ2) is 12.4. The molecule has 9 aromatic rings. The van der Waals surface area contributed by atoms with Gasteiger partial charge in [0.1, 0.15) is 0 Å². The molecule has 0 fully saturated rings. The Morgan fingerprint density at radius 1 is 0.231 bits per heavy atom. The van der Waals surface area contributed by atoms with Crippen molar-refractivity contribution >= 4 is 10.8 Å². The lowest BCUT2D eigenvalue weighted by molar-refractivity contribution is 1.07. The summed E-state index contributed by atoms with van der Waals surface area (Å²) in [5.41, 5.74) is 15.1. The van der Waals surface area contributed by atoms with Crippen molar-refractivity contribution in [1.82, 2.24) is 15.0 Å². The molecule has 3 heteroatoms. The average molecular weight is 662 g/mol. The summed E-state index contributed by atoms with van der Waals surface area (Å²) < 4.78 is 0. The van der Waals surface area contributed by atoms with Crippen molar-refractivity contribution in [3.63, 3.8) is 0 Å². The topological polar surface area (TPSA) is 38.7 Å². The fourth-order valence-electron chi connectivity index (χ4n) is 7.56. The molecule has 0 unspecified atom stereocenters. The molecule has 3 nitrogen and oxygen atoms in total. The van der Waals surface area contributed by atoms with Crippen molar-refractivity contribution in [2.45, 2.75) is 0 Å². The number of rotatable bonds is 6. The van der Waals surface area contributed by atoms with E-state index in [1.165, 1.54) is 49.7 Å². The largest absolute Gasteiger partial charge is 0.208 e. The normalized spacial score (nSPS) is 11.5. The van der Waals surface area contributed by atoms with Crippen LogP contribution in [-0.2, 0) is 0 Å². The van der Waals surface area contributed by atoms with Crippen LogP contribution in [0.25, 0.3) is 101 Å². The fraction of sp³-hybridized carbons (Fsp3) is 0. The van der Waals surface area contributed by atoms with Gasteiger partial charge in [-0.15, -0.1) is 0 Å². The molecule has 0 aliphatic heterocycles. The van der Waals surface area contributed by atoms with Crippen LogP contribution in [0.1, 0.15) is 0 Å². The summed E-state index contributed by atoms with van der Waals surface area (Å²) >= 11 is 0. The lowest BCUT2D eigenvalue weighted by Crippen LogP contribution is -2.00. The summed E-state index contributed by atoms with van der Waals surface area (Å²) in [5.74, 6) is 1.93. The lowest BCUT2D eigenvalue weighted by Gasteiger charge is -2.12. The van der Waals surface area contributed by atoms with Gasteiger partial charge >= 0.3 is 0 Å². The third kappa shape index (κ3) is 5.19. The molecule has 1 heterocycles. The first-order valence-corrected chi connectivity index (χ1v) is 17.6. The molecule has 8 aromatic carbocycles. The van der Waals surface area contributed by atoms with Crippen LogP contribution in [-0.4, -0.2) is 15.0 Å². The van der Waals surface area contributed by atoms with Crippen LogP contribution < -0.4 is 0 Å². The first-order valence-electron chi connectivity index (χ1n) is 17.6. The van der Waals surface area contributed by atoms with Gasteiger partial charge in [-0.1, -0.05) is 176 Å². The second-order valence-electron chi connectivity index (χ2n) is 13.2. The second-order valence-corrected chi connectivity index (χ2v) is 13.2. The molecule has 0 spiro atoms. The maximum absolute atomic E-state index is 5.05. The van der Waals surface area contributed by atoms with E-state index in [1.54, 1.807) is 0 Å². The highest BCUT2D eigenvalue weighted by Crippen LogP contribution is 2.49. The molecule has 0 radical (unpaired) electrons. The Hall–Kier alpha value is -6.97. The van der Waals surface area contributed by atoms with Crippen LogP contribution in [0.2, 0.25) is 0 Å². The SMILES string of the molecule is c1ccc(-c2ccc(-c3nc(-c4ccccc4)nc(-c4cccc(-c5cccc(-c6ccc7c8c(cccc68)-c6ccccc6-7)c5)c4)n3)cc2)cc1. The van der Waals surface area contributed by atoms with Crippen LogP contribution in [0, 0.1) is 0 Å². The third-order valence-electron chi connectivity index (χ3n) is 10.1. The highest BCUT2D eigenvalue weighted by molar-refractivity contribution is 6.18. The van der Waals surface area contributed by atoms with E-state index < -0.39 is 0 Å². The summed E-state index contributed by atoms with van der Waals surface area (Å²) in [6, 6.07) is 66.3. The molecule has 1 aliphatic carbocycles. The number of benzene rings is 8. The van der Waals surface area contributed by atoms with Crippen molar-refractivity contribution in [2.24, 2.45) is 0 Å². The molecule has 52 heavy (non-hydrogen) atoms. The quantitative estimate of drug-likeness (QED) is 0.178. The van der Waals surface area contributed by atoms with Crippen LogP contribution in [0.5, 0.6) is 0 Å². The predicted molar refractivity (Wildman–Crippen MR) is 214 cm³/mol. The first-order chi connectivity index (χ1) is 25.8. The molecule has 0 amide bonds. The van der Waals surface area contributed by atoms with E-state index in [9.17, 15) is 0 Å². The maximum atomic E-state index is 5.05. The highest BCUT2D eigenvalue weighted by atomic mass is 15.0. The van der Waals surface area contributed by atoms with Crippen LogP contribution in [0.4, 0.5) is 0 Å². The summed E-state index contributed by atoms with van der Waals surface area (Å²) in [5, 5.41) is 2.61. The number of nitrogens with zero attached hydrogens (tertiary/aromatic N) is 3. The molecule has 0 bridgehead atoms. The molecule has 0 saturated carbocycles. The van der Waals surface area contributed by atoms with E-state index in [0.717, 1.165) is 33.4 Å². The first kappa shape index (κ1) is 29.9. The van der Waals surface area contributed by atoms with Gasteiger partial charge < -0.3 is 0 Å². The van der Waals surface area contributed by atoms with Gasteiger partial charge in [0, 0.05) is 16.7 Å². The lowest BCUT2D eigenvalue weighted by atomic mass is 9.92. The zero-order chi connectivity index (χ0) is 34.4. The summed E-state index contributed by atoms with van der Waals surface area (Å²) in [6.07, 6.45) is 0. The van der Waals surface area contributed by atoms with Crippen molar-refractivity contribution in [3.05, 3.63) is 188 Å². The van der Waals surface area contributed by atoms with Gasteiger partial charge in [-0.2, -0.15) is 0 Å². The minimum absolute atomic E-state index is 0.640. The maximum Gasteiger partial charge on any atom is 0.164 e. The standard InChI is InChI=1S/C49H31N3/c1-3-12-32(13-4-1)33-24-26-35(27-25-33)48-50-47(34-14-5-2-6-15-34)51-49(52-48)39-19-10-17-37(31-39)36-16-9-18-38(30-36)40-28-29-45-42-21-8-7-20-41(42)44-23-11-22-43(40)46(44)45/h1-31H. The Kier molecular flexibility index (Phi) is 7.14. The molecule has 0 atom stereocenters. The van der Waals surface area contributed by atoms with Gasteiger partial charge in [0.2, 0.25) is 0 Å². The monoisotopic (exact) mass is 661 g/mol. The Morgan fingerprint density at radius 2 is 0.635 bits per heavy atom. The fourth-order valence-corrected chi connectivity index (χ4v) is 7.56. The molecule has 0 saturated heterocycles. The third-order valence-corrected chi connectivity index (χ3v) is 10.1.